The van der Waals surface area contributed by atoms with Gasteiger partial charge in [-0.25, -0.2) is 9.97 Å². The van der Waals surface area contributed by atoms with E-state index < -0.39 is 0 Å². The van der Waals surface area contributed by atoms with Gasteiger partial charge in [-0.05, 0) is 0 Å². The predicted molar refractivity (Wildman–Crippen MR) is 59.5 cm³/mol. The number of aliphatic hydroxyl groups is 1. The van der Waals surface area contributed by atoms with Crippen LogP contribution in [0.1, 0.15) is 5.69 Å². The number of fused-ring (bicyclic) bond motifs is 1. The summed E-state index contributed by atoms with van der Waals surface area (Å²) in [6, 6.07) is 1.51. The lowest BCUT2D eigenvalue weighted by molar-refractivity contribution is 0.0470. The van der Waals surface area contributed by atoms with Gasteiger partial charge in [0.2, 0.25) is 0 Å². The molecule has 0 atom stereocenters. The molecular formula is C10H13N5O2. The van der Waals surface area contributed by atoms with Crippen LogP contribution in [-0.4, -0.2) is 49.3 Å². The molecule has 7 nitrogen and oxygen atoms in total. The summed E-state index contributed by atoms with van der Waals surface area (Å²) < 4.78 is 1.30. The lowest BCUT2D eigenvalue weighted by Gasteiger charge is -2.37. The third-order valence-corrected chi connectivity index (χ3v) is 3.00. The van der Waals surface area contributed by atoms with Crippen LogP contribution in [0.15, 0.2) is 17.2 Å². The summed E-state index contributed by atoms with van der Waals surface area (Å²) in [5.41, 5.74) is 0.570. The van der Waals surface area contributed by atoms with Crippen molar-refractivity contribution in [1.82, 2.24) is 24.5 Å². The second-order valence-electron chi connectivity index (χ2n) is 4.35. The maximum atomic E-state index is 11.7. The number of nitrogens with zero attached hydrogens (tertiary/aromatic N) is 4. The molecule has 2 aromatic rings. The number of aliphatic hydroxyl groups excluding tert-OH is 1. The summed E-state index contributed by atoms with van der Waals surface area (Å²) in [5.74, 6) is 0.761. The molecule has 0 saturated carbocycles. The number of aromatic nitrogens is 4. The van der Waals surface area contributed by atoms with E-state index in [1.165, 1.54) is 16.9 Å². The van der Waals surface area contributed by atoms with Gasteiger partial charge < -0.3 is 5.11 Å². The number of hydrogen-bond donors (Lipinski definition) is 2. The SMILES string of the molecule is O=c1cc(CN2CC(CO)C2)nc2nc[nH]n12. The summed E-state index contributed by atoms with van der Waals surface area (Å²) in [5, 5.41) is 11.6. The van der Waals surface area contributed by atoms with E-state index in [4.69, 9.17) is 5.11 Å². The normalized spacial score (nSPS) is 17.5. The van der Waals surface area contributed by atoms with Crippen molar-refractivity contribution in [2.75, 3.05) is 19.7 Å². The minimum Gasteiger partial charge on any atom is -0.396 e. The summed E-state index contributed by atoms with van der Waals surface area (Å²) in [4.78, 5) is 22.1. The van der Waals surface area contributed by atoms with Crippen LogP contribution in [0.25, 0.3) is 5.78 Å². The molecule has 7 heteroatoms. The van der Waals surface area contributed by atoms with E-state index in [1.54, 1.807) is 0 Å². The standard InChI is InChI=1S/C10H13N5O2/c16-5-7-2-14(3-7)4-8-1-9(17)15-10(13-8)11-6-12-15/h1,6-7,16H,2-5H2,(H,11,12,13). The molecule has 17 heavy (non-hydrogen) atoms. The second-order valence-corrected chi connectivity index (χ2v) is 4.35. The fourth-order valence-electron chi connectivity index (χ4n) is 2.10. The Balaban J connectivity index is 1.79. The smallest absolute Gasteiger partial charge is 0.274 e. The van der Waals surface area contributed by atoms with E-state index in [0.29, 0.717) is 18.2 Å². The molecule has 2 aromatic heterocycles. The number of rotatable bonds is 3. The Morgan fingerprint density at radius 2 is 2.35 bits per heavy atom. The Kier molecular flexibility index (Phi) is 2.41. The molecule has 0 bridgehead atoms. The van der Waals surface area contributed by atoms with Gasteiger partial charge in [0.1, 0.15) is 6.33 Å². The number of likely N-dealkylation sites (tertiary alicyclic amines) is 1. The van der Waals surface area contributed by atoms with Gasteiger partial charge in [0.25, 0.3) is 11.3 Å². The molecule has 90 valence electrons. The largest absolute Gasteiger partial charge is 0.396 e. The third-order valence-electron chi connectivity index (χ3n) is 3.00. The zero-order chi connectivity index (χ0) is 11.8. The molecular weight excluding hydrogens is 222 g/mol. The molecule has 0 spiro atoms. The van der Waals surface area contributed by atoms with Crippen molar-refractivity contribution in [2.24, 2.45) is 5.92 Å². The van der Waals surface area contributed by atoms with Crippen molar-refractivity contribution in [2.45, 2.75) is 6.54 Å². The van der Waals surface area contributed by atoms with Crippen molar-refractivity contribution in [1.29, 1.82) is 0 Å². The molecule has 1 fully saturated rings. The number of aromatic amines is 1. The van der Waals surface area contributed by atoms with Crippen LogP contribution >= 0.6 is 0 Å². The monoisotopic (exact) mass is 235 g/mol. The predicted octanol–water partition coefficient (Wildman–Crippen LogP) is -1.16. The van der Waals surface area contributed by atoms with Crippen LogP contribution in [0.5, 0.6) is 0 Å². The molecule has 0 aromatic carbocycles. The Morgan fingerprint density at radius 3 is 3.12 bits per heavy atom. The number of nitrogens with one attached hydrogen (secondary N) is 1. The van der Waals surface area contributed by atoms with Crippen molar-refractivity contribution in [3.05, 3.63) is 28.4 Å². The molecule has 0 radical (unpaired) electrons. The van der Waals surface area contributed by atoms with Crippen molar-refractivity contribution >= 4 is 5.78 Å². The lowest BCUT2D eigenvalue weighted by Crippen LogP contribution is -2.47. The van der Waals surface area contributed by atoms with Crippen molar-refractivity contribution < 1.29 is 5.11 Å². The van der Waals surface area contributed by atoms with Gasteiger partial charge in [0.05, 0.1) is 5.69 Å². The van der Waals surface area contributed by atoms with Crippen LogP contribution in [0.3, 0.4) is 0 Å². The van der Waals surface area contributed by atoms with Gasteiger partial charge in [0.15, 0.2) is 0 Å². The summed E-state index contributed by atoms with van der Waals surface area (Å²) in [6.45, 7) is 2.58. The summed E-state index contributed by atoms with van der Waals surface area (Å²) in [6.07, 6.45) is 1.44. The Labute approximate surface area is 96.7 Å². The molecule has 3 heterocycles. The van der Waals surface area contributed by atoms with E-state index in [1.807, 2.05) is 0 Å². The minimum atomic E-state index is -0.151. The Hall–Kier alpha value is -1.73. The van der Waals surface area contributed by atoms with E-state index in [9.17, 15) is 4.79 Å². The molecule has 0 unspecified atom stereocenters. The van der Waals surface area contributed by atoms with Gasteiger partial charge in [0, 0.05) is 38.2 Å². The molecule has 1 aliphatic rings. The van der Waals surface area contributed by atoms with Gasteiger partial charge in [-0.2, -0.15) is 4.52 Å². The number of H-pyrrole nitrogens is 1. The molecule has 0 aliphatic carbocycles. The van der Waals surface area contributed by atoms with Gasteiger partial charge >= 0.3 is 0 Å². The zero-order valence-corrected chi connectivity index (χ0v) is 9.20. The average Bonchev–Trinajstić information content (AvgIpc) is 2.71. The molecule has 1 aliphatic heterocycles. The van der Waals surface area contributed by atoms with E-state index >= 15 is 0 Å². The fourth-order valence-corrected chi connectivity index (χ4v) is 2.10. The van der Waals surface area contributed by atoms with E-state index in [2.05, 4.69) is 20.0 Å². The van der Waals surface area contributed by atoms with Crippen molar-refractivity contribution in [3.8, 4) is 0 Å². The van der Waals surface area contributed by atoms with Crippen molar-refractivity contribution in [3.63, 3.8) is 0 Å². The highest BCUT2D eigenvalue weighted by Gasteiger charge is 2.26. The Morgan fingerprint density at radius 1 is 1.53 bits per heavy atom. The highest BCUT2D eigenvalue weighted by molar-refractivity contribution is 5.26. The average molecular weight is 235 g/mol. The third kappa shape index (κ3) is 1.83. The highest BCUT2D eigenvalue weighted by atomic mass is 16.3. The highest BCUT2D eigenvalue weighted by Crippen LogP contribution is 2.16. The van der Waals surface area contributed by atoms with Crippen LogP contribution in [0.4, 0.5) is 0 Å². The molecule has 2 N–H and O–H groups in total. The van der Waals surface area contributed by atoms with E-state index in [-0.39, 0.29) is 12.2 Å². The zero-order valence-electron chi connectivity index (χ0n) is 9.20. The quantitative estimate of drug-likeness (QED) is 0.701. The maximum absolute atomic E-state index is 11.7. The van der Waals surface area contributed by atoms with Gasteiger partial charge in [-0.15, -0.1) is 0 Å². The number of hydrogen-bond acceptors (Lipinski definition) is 5. The van der Waals surface area contributed by atoms with Crippen LogP contribution in [-0.2, 0) is 6.54 Å². The van der Waals surface area contributed by atoms with E-state index in [0.717, 1.165) is 18.8 Å². The summed E-state index contributed by atoms with van der Waals surface area (Å²) in [7, 11) is 0. The van der Waals surface area contributed by atoms with Gasteiger partial charge in [-0.1, -0.05) is 0 Å². The first-order valence-corrected chi connectivity index (χ1v) is 5.51. The molecule has 0 amide bonds. The molecule has 1 saturated heterocycles. The van der Waals surface area contributed by atoms with Crippen LogP contribution < -0.4 is 5.56 Å². The minimum absolute atomic E-state index is 0.151. The Bertz CT molecular complexity index is 584. The first-order valence-electron chi connectivity index (χ1n) is 5.51. The first-order chi connectivity index (χ1) is 8.26. The lowest BCUT2D eigenvalue weighted by atomic mass is 10.0. The van der Waals surface area contributed by atoms with Crippen LogP contribution in [0.2, 0.25) is 0 Å². The molecule has 3 rings (SSSR count). The first kappa shape index (κ1) is 10.4. The fraction of sp³-hybridized carbons (Fsp3) is 0.500. The summed E-state index contributed by atoms with van der Waals surface area (Å²) >= 11 is 0. The van der Waals surface area contributed by atoms with Crippen LogP contribution in [0, 0.1) is 5.92 Å². The topological polar surface area (TPSA) is 86.5 Å². The maximum Gasteiger partial charge on any atom is 0.274 e. The van der Waals surface area contributed by atoms with Gasteiger partial charge in [-0.3, -0.25) is 14.8 Å². The second kappa shape index (κ2) is 3.94.